The minimum atomic E-state index is 0.672. The second-order valence-corrected chi connectivity index (χ2v) is 2.79. The summed E-state index contributed by atoms with van der Waals surface area (Å²) >= 11 is 0. The van der Waals surface area contributed by atoms with Crippen molar-refractivity contribution in [3.8, 4) is 11.5 Å². The van der Waals surface area contributed by atoms with Crippen molar-refractivity contribution in [3.63, 3.8) is 0 Å². The summed E-state index contributed by atoms with van der Waals surface area (Å²) in [7, 11) is 0. The molecule has 0 bridgehead atoms. The Labute approximate surface area is 76.5 Å². The molecule has 2 rings (SSSR count). The first kappa shape index (κ1) is 7.86. The predicted octanol–water partition coefficient (Wildman–Crippen LogP) is 1.85. The first-order valence-electron chi connectivity index (χ1n) is 4.06. The van der Waals surface area contributed by atoms with Gasteiger partial charge in [0.1, 0.15) is 5.69 Å². The zero-order chi connectivity index (χ0) is 9.10. The average Bonchev–Trinajstić information content (AvgIpc) is 2.19. The van der Waals surface area contributed by atoms with Gasteiger partial charge in [0.2, 0.25) is 0 Å². The van der Waals surface area contributed by atoms with Crippen molar-refractivity contribution in [2.45, 2.75) is 6.92 Å². The van der Waals surface area contributed by atoms with E-state index in [9.17, 15) is 0 Å². The molecule has 0 amide bonds. The molecule has 0 fully saturated rings. The average molecular weight is 171 g/mol. The summed E-state index contributed by atoms with van der Waals surface area (Å²) in [5.41, 5.74) is 1.98. The SMILES string of the molecule is Cc1ccnc(-c2ncccn2)c1. The molecular weight excluding hydrogens is 162 g/mol. The number of hydrogen-bond acceptors (Lipinski definition) is 3. The molecule has 0 unspecified atom stereocenters. The molecule has 0 radical (unpaired) electrons. The lowest BCUT2D eigenvalue weighted by atomic mass is 10.2. The lowest BCUT2D eigenvalue weighted by Crippen LogP contribution is -1.89. The summed E-state index contributed by atoms with van der Waals surface area (Å²) in [6.45, 7) is 2.02. The highest BCUT2D eigenvalue weighted by atomic mass is 14.9. The summed E-state index contributed by atoms with van der Waals surface area (Å²) in [6, 6.07) is 5.71. The summed E-state index contributed by atoms with van der Waals surface area (Å²) < 4.78 is 0. The van der Waals surface area contributed by atoms with Gasteiger partial charge in [-0.2, -0.15) is 0 Å². The summed E-state index contributed by atoms with van der Waals surface area (Å²) in [4.78, 5) is 12.4. The molecule has 0 aliphatic heterocycles. The quantitative estimate of drug-likeness (QED) is 0.657. The van der Waals surface area contributed by atoms with Crippen LogP contribution in [0.15, 0.2) is 36.8 Å². The molecule has 0 spiro atoms. The molecule has 3 nitrogen and oxygen atoms in total. The van der Waals surface area contributed by atoms with Crippen LogP contribution in [0.5, 0.6) is 0 Å². The van der Waals surface area contributed by atoms with Crippen LogP contribution < -0.4 is 0 Å². The van der Waals surface area contributed by atoms with Crippen LogP contribution in [-0.2, 0) is 0 Å². The number of aromatic nitrogens is 3. The molecule has 2 aromatic heterocycles. The van der Waals surface area contributed by atoms with Gasteiger partial charge in [-0.3, -0.25) is 4.98 Å². The van der Waals surface area contributed by atoms with Gasteiger partial charge >= 0.3 is 0 Å². The van der Waals surface area contributed by atoms with Crippen LogP contribution in [0.25, 0.3) is 11.5 Å². The van der Waals surface area contributed by atoms with E-state index in [2.05, 4.69) is 15.0 Å². The number of hydrogen-bond donors (Lipinski definition) is 0. The predicted molar refractivity (Wildman–Crippen MR) is 50.0 cm³/mol. The molecular formula is C10H9N3. The fourth-order valence-corrected chi connectivity index (χ4v) is 1.09. The molecule has 0 N–H and O–H groups in total. The number of nitrogens with zero attached hydrogens (tertiary/aromatic N) is 3. The van der Waals surface area contributed by atoms with Gasteiger partial charge in [-0.15, -0.1) is 0 Å². The van der Waals surface area contributed by atoms with Gasteiger partial charge in [-0.25, -0.2) is 9.97 Å². The molecule has 2 aromatic rings. The van der Waals surface area contributed by atoms with E-state index in [1.807, 2.05) is 19.1 Å². The Bertz CT molecular complexity index is 398. The third kappa shape index (κ3) is 1.69. The maximum atomic E-state index is 4.18. The Morgan fingerprint density at radius 1 is 1.00 bits per heavy atom. The van der Waals surface area contributed by atoms with Crippen LogP contribution in [0, 0.1) is 6.92 Å². The van der Waals surface area contributed by atoms with E-state index in [1.165, 1.54) is 0 Å². The van der Waals surface area contributed by atoms with Crippen LogP contribution in [0.4, 0.5) is 0 Å². The minimum Gasteiger partial charge on any atom is -0.253 e. The van der Waals surface area contributed by atoms with E-state index in [4.69, 9.17) is 0 Å². The van der Waals surface area contributed by atoms with E-state index in [-0.39, 0.29) is 0 Å². The van der Waals surface area contributed by atoms with E-state index < -0.39 is 0 Å². The maximum absolute atomic E-state index is 4.18. The van der Waals surface area contributed by atoms with Crippen LogP contribution in [0.2, 0.25) is 0 Å². The molecule has 64 valence electrons. The summed E-state index contributed by atoms with van der Waals surface area (Å²) in [5, 5.41) is 0. The second kappa shape index (κ2) is 3.31. The van der Waals surface area contributed by atoms with Gasteiger partial charge in [0.05, 0.1) is 0 Å². The third-order valence-corrected chi connectivity index (χ3v) is 1.71. The molecule has 0 saturated carbocycles. The largest absolute Gasteiger partial charge is 0.253 e. The van der Waals surface area contributed by atoms with Gasteiger partial charge in [-0.05, 0) is 30.7 Å². The van der Waals surface area contributed by atoms with Gasteiger partial charge in [0, 0.05) is 18.6 Å². The van der Waals surface area contributed by atoms with Gasteiger partial charge in [-0.1, -0.05) is 0 Å². The van der Waals surface area contributed by atoms with Crippen molar-refractivity contribution in [3.05, 3.63) is 42.4 Å². The highest BCUT2D eigenvalue weighted by molar-refractivity contribution is 5.49. The van der Waals surface area contributed by atoms with Crippen molar-refractivity contribution < 1.29 is 0 Å². The lowest BCUT2D eigenvalue weighted by molar-refractivity contribution is 1.13. The summed E-state index contributed by atoms with van der Waals surface area (Å²) in [6.07, 6.45) is 5.19. The Kier molecular flexibility index (Phi) is 2.00. The first-order valence-corrected chi connectivity index (χ1v) is 4.06. The van der Waals surface area contributed by atoms with Crippen molar-refractivity contribution in [1.82, 2.24) is 15.0 Å². The normalized spacial score (nSPS) is 9.92. The van der Waals surface area contributed by atoms with Crippen molar-refractivity contribution in [1.29, 1.82) is 0 Å². The van der Waals surface area contributed by atoms with Crippen molar-refractivity contribution >= 4 is 0 Å². The van der Waals surface area contributed by atoms with E-state index in [0.29, 0.717) is 5.82 Å². The smallest absolute Gasteiger partial charge is 0.178 e. The van der Waals surface area contributed by atoms with Crippen LogP contribution in [0.3, 0.4) is 0 Å². The molecule has 0 atom stereocenters. The zero-order valence-corrected chi connectivity index (χ0v) is 7.31. The Morgan fingerprint density at radius 2 is 1.77 bits per heavy atom. The molecule has 13 heavy (non-hydrogen) atoms. The van der Waals surface area contributed by atoms with Crippen LogP contribution in [0.1, 0.15) is 5.56 Å². The molecule has 3 heteroatoms. The fraction of sp³-hybridized carbons (Fsp3) is 0.100. The molecule has 2 heterocycles. The lowest BCUT2D eigenvalue weighted by Gasteiger charge is -1.98. The molecule has 0 aliphatic rings. The fourth-order valence-electron chi connectivity index (χ4n) is 1.09. The van der Waals surface area contributed by atoms with Crippen molar-refractivity contribution in [2.24, 2.45) is 0 Å². The standard InChI is InChI=1S/C10H9N3/c1-8-3-6-11-9(7-8)10-12-4-2-5-13-10/h2-7H,1H3. The number of aryl methyl sites for hydroxylation is 1. The highest BCUT2D eigenvalue weighted by Gasteiger charge is 1.99. The topological polar surface area (TPSA) is 38.7 Å². The number of rotatable bonds is 1. The van der Waals surface area contributed by atoms with E-state index >= 15 is 0 Å². The monoisotopic (exact) mass is 171 g/mol. The minimum absolute atomic E-state index is 0.672. The Balaban J connectivity index is 2.48. The van der Waals surface area contributed by atoms with E-state index in [0.717, 1.165) is 11.3 Å². The Hall–Kier alpha value is -1.77. The zero-order valence-electron chi connectivity index (χ0n) is 7.31. The Morgan fingerprint density at radius 3 is 2.46 bits per heavy atom. The van der Waals surface area contributed by atoms with Gasteiger partial charge in [0.15, 0.2) is 5.82 Å². The third-order valence-electron chi connectivity index (χ3n) is 1.71. The maximum Gasteiger partial charge on any atom is 0.178 e. The molecule has 0 aliphatic carbocycles. The van der Waals surface area contributed by atoms with Gasteiger partial charge < -0.3 is 0 Å². The van der Waals surface area contributed by atoms with E-state index in [1.54, 1.807) is 24.7 Å². The first-order chi connectivity index (χ1) is 6.36. The summed E-state index contributed by atoms with van der Waals surface area (Å²) in [5.74, 6) is 0.672. The highest BCUT2D eigenvalue weighted by Crippen LogP contribution is 2.10. The van der Waals surface area contributed by atoms with Crippen LogP contribution >= 0.6 is 0 Å². The molecule has 0 saturated heterocycles. The second-order valence-electron chi connectivity index (χ2n) is 2.79. The van der Waals surface area contributed by atoms with Gasteiger partial charge in [0.25, 0.3) is 0 Å². The van der Waals surface area contributed by atoms with Crippen molar-refractivity contribution in [2.75, 3.05) is 0 Å². The van der Waals surface area contributed by atoms with Crippen LogP contribution in [-0.4, -0.2) is 15.0 Å². The molecule has 0 aromatic carbocycles. The number of pyridine rings is 1.